The number of hydrogen-bond acceptors (Lipinski definition) is 3. The van der Waals surface area contributed by atoms with Crippen LogP contribution in [0.2, 0.25) is 0 Å². The Morgan fingerprint density at radius 1 is 0.700 bits per heavy atom. The van der Waals surface area contributed by atoms with E-state index in [4.69, 9.17) is 9.40 Å². The SMILES string of the molecule is O=P(c1ccccc1)(c1ccccc1)c1ccc2nc3c4ccccc4oc3n2c1. The van der Waals surface area contributed by atoms with Crippen LogP contribution < -0.4 is 15.9 Å². The molecule has 0 radical (unpaired) electrons. The third kappa shape index (κ3) is 2.41. The Bertz CT molecular complexity index is 1520. The Kier molecular flexibility index (Phi) is 3.71. The second-order valence-electron chi connectivity index (χ2n) is 7.26. The van der Waals surface area contributed by atoms with Crippen molar-refractivity contribution in [3.63, 3.8) is 0 Å². The molecule has 0 aliphatic rings. The molecule has 0 aliphatic heterocycles. The lowest BCUT2D eigenvalue weighted by molar-refractivity contribution is 0.592. The molecule has 6 aromatic rings. The summed E-state index contributed by atoms with van der Waals surface area (Å²) in [5, 5.41) is 3.33. The fraction of sp³-hybridized carbons (Fsp3) is 0. The minimum Gasteiger partial charge on any atom is -0.437 e. The number of hydrogen-bond donors (Lipinski definition) is 0. The molecular formula is C25H17N2O2P. The molecule has 144 valence electrons. The molecule has 3 aromatic carbocycles. The topological polar surface area (TPSA) is 47.5 Å². The Morgan fingerprint density at radius 3 is 2.03 bits per heavy atom. The lowest BCUT2D eigenvalue weighted by Crippen LogP contribution is -2.25. The normalized spacial score (nSPS) is 12.1. The minimum absolute atomic E-state index is 0.667. The van der Waals surface area contributed by atoms with Crippen LogP contribution >= 0.6 is 7.14 Å². The summed E-state index contributed by atoms with van der Waals surface area (Å²) in [7, 11) is -3.06. The van der Waals surface area contributed by atoms with Gasteiger partial charge in [0.15, 0.2) is 7.14 Å². The van der Waals surface area contributed by atoms with Crippen molar-refractivity contribution in [3.8, 4) is 0 Å². The van der Waals surface area contributed by atoms with Gasteiger partial charge in [-0.25, -0.2) is 4.98 Å². The molecule has 0 saturated carbocycles. The number of imidazole rings is 1. The molecular weight excluding hydrogens is 391 g/mol. The maximum absolute atomic E-state index is 14.6. The molecule has 3 heterocycles. The number of para-hydroxylation sites is 1. The van der Waals surface area contributed by atoms with Crippen LogP contribution in [-0.2, 0) is 4.57 Å². The Hall–Kier alpha value is -3.62. The summed E-state index contributed by atoms with van der Waals surface area (Å²) >= 11 is 0. The van der Waals surface area contributed by atoms with E-state index >= 15 is 0 Å². The van der Waals surface area contributed by atoms with Crippen molar-refractivity contribution >= 4 is 50.9 Å². The molecule has 0 atom stereocenters. The number of fused-ring (bicyclic) bond motifs is 5. The second-order valence-corrected chi connectivity index (χ2v) is 10.0. The molecule has 0 spiro atoms. The molecule has 0 aliphatic carbocycles. The molecule has 4 nitrogen and oxygen atoms in total. The van der Waals surface area contributed by atoms with Gasteiger partial charge in [-0.1, -0.05) is 72.8 Å². The highest BCUT2D eigenvalue weighted by molar-refractivity contribution is 7.85. The van der Waals surface area contributed by atoms with Crippen molar-refractivity contribution in [3.05, 3.63) is 103 Å². The summed E-state index contributed by atoms with van der Waals surface area (Å²) in [4.78, 5) is 4.75. The number of pyridine rings is 1. The first-order chi connectivity index (χ1) is 14.7. The quantitative estimate of drug-likeness (QED) is 0.393. The van der Waals surface area contributed by atoms with Gasteiger partial charge < -0.3 is 8.98 Å². The molecule has 0 fully saturated rings. The van der Waals surface area contributed by atoms with Crippen molar-refractivity contribution in [2.75, 3.05) is 0 Å². The van der Waals surface area contributed by atoms with Crippen LogP contribution in [0.15, 0.2) is 108 Å². The summed E-state index contributed by atoms with van der Waals surface area (Å²) in [6, 6.07) is 31.0. The molecule has 0 unspecified atom stereocenters. The molecule has 30 heavy (non-hydrogen) atoms. The van der Waals surface area contributed by atoms with Gasteiger partial charge in [0.2, 0.25) is 5.71 Å². The molecule has 0 bridgehead atoms. The van der Waals surface area contributed by atoms with Crippen LogP contribution in [-0.4, -0.2) is 9.38 Å². The van der Waals surface area contributed by atoms with Gasteiger partial charge in [-0.15, -0.1) is 0 Å². The summed E-state index contributed by atoms with van der Waals surface area (Å²) in [5.41, 5.74) is 3.05. The molecule has 5 heteroatoms. The van der Waals surface area contributed by atoms with E-state index in [1.54, 1.807) is 0 Å². The van der Waals surface area contributed by atoms with E-state index in [1.807, 2.05) is 108 Å². The van der Waals surface area contributed by atoms with Gasteiger partial charge in [0.1, 0.15) is 16.7 Å². The number of rotatable bonds is 3. The Morgan fingerprint density at radius 2 is 1.33 bits per heavy atom. The van der Waals surface area contributed by atoms with Crippen LogP contribution in [0.4, 0.5) is 0 Å². The van der Waals surface area contributed by atoms with Gasteiger partial charge >= 0.3 is 0 Å². The largest absolute Gasteiger partial charge is 0.437 e. The van der Waals surface area contributed by atoms with Crippen LogP contribution in [0, 0.1) is 0 Å². The minimum atomic E-state index is -3.06. The average Bonchev–Trinajstić information content (AvgIpc) is 3.35. The van der Waals surface area contributed by atoms with Crippen molar-refractivity contribution in [2.24, 2.45) is 0 Å². The summed E-state index contributed by atoms with van der Waals surface area (Å²) in [6.45, 7) is 0. The molecule has 0 N–H and O–H groups in total. The fourth-order valence-electron chi connectivity index (χ4n) is 4.05. The van der Waals surface area contributed by atoms with Gasteiger partial charge in [0.25, 0.3) is 0 Å². The monoisotopic (exact) mass is 408 g/mol. The number of aromatic nitrogens is 2. The van der Waals surface area contributed by atoms with Crippen LogP contribution in [0.5, 0.6) is 0 Å². The number of benzene rings is 3. The molecule has 3 aromatic heterocycles. The Labute approximate surface area is 172 Å². The van der Waals surface area contributed by atoms with Gasteiger partial charge in [-0.05, 0) is 24.3 Å². The van der Waals surface area contributed by atoms with Gasteiger partial charge in [0, 0.05) is 27.5 Å². The zero-order valence-electron chi connectivity index (χ0n) is 16.0. The highest BCUT2D eigenvalue weighted by Gasteiger charge is 2.30. The highest BCUT2D eigenvalue weighted by atomic mass is 31.2. The third-order valence-corrected chi connectivity index (χ3v) is 8.55. The van der Waals surface area contributed by atoms with Crippen molar-refractivity contribution in [1.29, 1.82) is 0 Å². The van der Waals surface area contributed by atoms with Crippen LogP contribution in [0.25, 0.3) is 27.8 Å². The fourth-order valence-corrected chi connectivity index (χ4v) is 6.69. The zero-order chi connectivity index (χ0) is 20.1. The third-order valence-electron chi connectivity index (χ3n) is 5.51. The van der Waals surface area contributed by atoms with Gasteiger partial charge in [0.05, 0.1) is 0 Å². The molecule has 6 rings (SSSR count). The molecule has 0 amide bonds. The van der Waals surface area contributed by atoms with Gasteiger partial charge in [-0.3, -0.25) is 4.40 Å². The van der Waals surface area contributed by atoms with Crippen LogP contribution in [0.3, 0.4) is 0 Å². The average molecular weight is 408 g/mol. The standard InChI is InChI=1S/C25H17N2O2P/c28-30(18-9-3-1-4-10-18,19-11-5-2-6-12-19)20-15-16-23-26-24-21-13-7-8-14-22(21)29-25(24)27(23)17-20/h1-17H. The van der Waals surface area contributed by atoms with Crippen molar-refractivity contribution < 1.29 is 8.98 Å². The van der Waals surface area contributed by atoms with Crippen molar-refractivity contribution in [2.45, 2.75) is 0 Å². The first-order valence-electron chi connectivity index (χ1n) is 9.76. The maximum atomic E-state index is 14.6. The zero-order valence-corrected chi connectivity index (χ0v) is 16.9. The number of furan rings is 1. The van der Waals surface area contributed by atoms with E-state index < -0.39 is 7.14 Å². The van der Waals surface area contributed by atoms with E-state index in [0.717, 1.165) is 38.0 Å². The lowest BCUT2D eigenvalue weighted by atomic mass is 10.2. The summed E-state index contributed by atoms with van der Waals surface area (Å²) in [6.07, 6.45) is 1.91. The number of nitrogens with zero attached hydrogens (tertiary/aromatic N) is 2. The Balaban J connectivity index is 1.66. The van der Waals surface area contributed by atoms with Gasteiger partial charge in [-0.2, -0.15) is 0 Å². The predicted octanol–water partition coefficient (Wildman–Crippen LogP) is 4.87. The summed E-state index contributed by atoms with van der Waals surface area (Å²) in [5.74, 6) is 0. The van der Waals surface area contributed by atoms with E-state index in [9.17, 15) is 4.57 Å². The van der Waals surface area contributed by atoms with Crippen molar-refractivity contribution in [1.82, 2.24) is 9.38 Å². The van der Waals surface area contributed by atoms with E-state index in [1.165, 1.54) is 0 Å². The second kappa shape index (κ2) is 6.45. The van der Waals surface area contributed by atoms with Crippen LogP contribution in [0.1, 0.15) is 0 Å². The highest BCUT2D eigenvalue weighted by Crippen LogP contribution is 2.42. The summed E-state index contributed by atoms with van der Waals surface area (Å²) < 4.78 is 22.6. The predicted molar refractivity (Wildman–Crippen MR) is 122 cm³/mol. The lowest BCUT2D eigenvalue weighted by Gasteiger charge is -2.20. The first kappa shape index (κ1) is 17.3. The van der Waals surface area contributed by atoms with E-state index in [0.29, 0.717) is 5.71 Å². The van der Waals surface area contributed by atoms with E-state index in [2.05, 4.69) is 0 Å². The molecule has 0 saturated heterocycles. The maximum Gasteiger partial charge on any atom is 0.232 e. The smallest absolute Gasteiger partial charge is 0.232 e. The van der Waals surface area contributed by atoms with E-state index in [-0.39, 0.29) is 0 Å². The first-order valence-corrected chi connectivity index (χ1v) is 11.5.